The lowest BCUT2D eigenvalue weighted by molar-refractivity contribution is 0.0636. The molecule has 1 fully saturated rings. The Labute approximate surface area is 96.8 Å². The predicted octanol–water partition coefficient (Wildman–Crippen LogP) is 2.62. The summed E-state index contributed by atoms with van der Waals surface area (Å²) in [4.78, 5) is 12.4. The van der Waals surface area contributed by atoms with Gasteiger partial charge in [-0.15, -0.1) is 0 Å². The van der Waals surface area contributed by atoms with E-state index < -0.39 is 0 Å². The van der Waals surface area contributed by atoms with Crippen LogP contribution in [0.2, 0.25) is 0 Å². The molecule has 2 heteroatoms. The minimum absolute atomic E-state index is 0.244. The van der Waals surface area contributed by atoms with E-state index in [2.05, 4.69) is 6.07 Å². The number of aryl methyl sites for hydroxylation is 2. The van der Waals surface area contributed by atoms with Gasteiger partial charge in [-0.05, 0) is 38.8 Å². The van der Waals surface area contributed by atoms with E-state index in [0.717, 1.165) is 36.0 Å². The van der Waals surface area contributed by atoms with Crippen LogP contribution in [-0.2, 0) is 0 Å². The van der Waals surface area contributed by atoms with Crippen LogP contribution in [0.1, 0.15) is 40.7 Å². The smallest absolute Gasteiger partial charge is 0.170 e. The normalized spacial score (nSPS) is 17.9. The van der Waals surface area contributed by atoms with Crippen LogP contribution in [0.4, 0.5) is 0 Å². The van der Waals surface area contributed by atoms with Crippen molar-refractivity contribution < 1.29 is 4.79 Å². The SMILES string of the molecule is Cc1cc(C)cc(C(=O)C2(CN)CCC2)c1. The third-order valence-electron chi connectivity index (χ3n) is 3.67. The number of ketones is 1. The monoisotopic (exact) mass is 217 g/mol. The van der Waals surface area contributed by atoms with Gasteiger partial charge in [0.15, 0.2) is 5.78 Å². The van der Waals surface area contributed by atoms with Crippen molar-refractivity contribution in [2.24, 2.45) is 11.1 Å². The highest BCUT2D eigenvalue weighted by atomic mass is 16.1. The fraction of sp³-hybridized carbons (Fsp3) is 0.500. The van der Waals surface area contributed by atoms with Crippen LogP contribution in [0.15, 0.2) is 18.2 Å². The van der Waals surface area contributed by atoms with Crippen LogP contribution in [0.3, 0.4) is 0 Å². The van der Waals surface area contributed by atoms with E-state index in [1.807, 2.05) is 26.0 Å². The molecule has 2 rings (SSSR count). The summed E-state index contributed by atoms with van der Waals surface area (Å²) >= 11 is 0. The van der Waals surface area contributed by atoms with Gasteiger partial charge in [0.05, 0.1) is 0 Å². The molecule has 1 aromatic rings. The van der Waals surface area contributed by atoms with E-state index >= 15 is 0 Å². The second-order valence-electron chi connectivity index (χ2n) is 5.04. The number of benzene rings is 1. The highest BCUT2D eigenvalue weighted by Gasteiger charge is 2.42. The largest absolute Gasteiger partial charge is 0.329 e. The first-order chi connectivity index (χ1) is 7.57. The molecule has 86 valence electrons. The van der Waals surface area contributed by atoms with Crippen LogP contribution in [0.25, 0.3) is 0 Å². The Kier molecular flexibility index (Phi) is 2.85. The van der Waals surface area contributed by atoms with Gasteiger partial charge in [0.2, 0.25) is 0 Å². The summed E-state index contributed by atoms with van der Waals surface area (Å²) in [7, 11) is 0. The van der Waals surface area contributed by atoms with E-state index in [0.29, 0.717) is 6.54 Å². The molecule has 0 unspecified atom stereocenters. The van der Waals surface area contributed by atoms with Crippen molar-refractivity contribution in [2.45, 2.75) is 33.1 Å². The molecule has 0 aromatic heterocycles. The Morgan fingerprint density at radius 2 is 1.81 bits per heavy atom. The average molecular weight is 217 g/mol. The molecule has 0 aliphatic heterocycles. The molecule has 1 aromatic carbocycles. The zero-order chi connectivity index (χ0) is 11.8. The van der Waals surface area contributed by atoms with Crippen molar-refractivity contribution in [1.82, 2.24) is 0 Å². The first kappa shape index (κ1) is 11.3. The third kappa shape index (κ3) is 1.78. The van der Waals surface area contributed by atoms with Gasteiger partial charge in [0.25, 0.3) is 0 Å². The summed E-state index contributed by atoms with van der Waals surface area (Å²) in [6.45, 7) is 4.54. The predicted molar refractivity (Wildman–Crippen MR) is 65.6 cm³/mol. The van der Waals surface area contributed by atoms with Crippen LogP contribution < -0.4 is 5.73 Å². The van der Waals surface area contributed by atoms with Crippen LogP contribution in [0, 0.1) is 19.3 Å². The minimum Gasteiger partial charge on any atom is -0.329 e. The Bertz CT molecular complexity index is 393. The lowest BCUT2D eigenvalue weighted by Crippen LogP contribution is -2.44. The van der Waals surface area contributed by atoms with Gasteiger partial charge in [0, 0.05) is 17.5 Å². The number of carbonyl (C=O) groups excluding carboxylic acids is 1. The zero-order valence-corrected chi connectivity index (χ0v) is 10.0. The van der Waals surface area contributed by atoms with Gasteiger partial charge >= 0.3 is 0 Å². The van der Waals surface area contributed by atoms with Gasteiger partial charge in [-0.25, -0.2) is 0 Å². The molecule has 0 saturated heterocycles. The summed E-state index contributed by atoms with van der Waals surface area (Å²) in [5.41, 5.74) is 8.64. The topological polar surface area (TPSA) is 43.1 Å². The molecule has 1 aliphatic rings. The first-order valence-corrected chi connectivity index (χ1v) is 5.91. The molecule has 16 heavy (non-hydrogen) atoms. The minimum atomic E-state index is -0.250. The molecule has 0 atom stereocenters. The van der Waals surface area contributed by atoms with E-state index in [4.69, 9.17) is 5.73 Å². The molecule has 0 bridgehead atoms. The maximum absolute atomic E-state index is 12.4. The second-order valence-corrected chi connectivity index (χ2v) is 5.04. The van der Waals surface area contributed by atoms with Gasteiger partial charge in [-0.3, -0.25) is 4.79 Å². The summed E-state index contributed by atoms with van der Waals surface area (Å²) < 4.78 is 0. The van der Waals surface area contributed by atoms with Crippen LogP contribution in [0.5, 0.6) is 0 Å². The van der Waals surface area contributed by atoms with Crippen molar-refractivity contribution in [3.8, 4) is 0 Å². The summed E-state index contributed by atoms with van der Waals surface area (Å²) in [5.74, 6) is 0.244. The lowest BCUT2D eigenvalue weighted by Gasteiger charge is -2.39. The second kappa shape index (κ2) is 4.02. The molecular formula is C14H19NO. The average Bonchev–Trinajstić information content (AvgIpc) is 2.15. The Hall–Kier alpha value is -1.15. The van der Waals surface area contributed by atoms with E-state index in [1.54, 1.807) is 0 Å². The van der Waals surface area contributed by atoms with E-state index in [9.17, 15) is 4.79 Å². The van der Waals surface area contributed by atoms with Crippen LogP contribution in [-0.4, -0.2) is 12.3 Å². The van der Waals surface area contributed by atoms with Gasteiger partial charge < -0.3 is 5.73 Å². The molecule has 0 amide bonds. The number of Topliss-reactive ketones (excluding diaryl/α,β-unsaturated/α-hetero) is 1. The first-order valence-electron chi connectivity index (χ1n) is 5.91. The molecule has 0 spiro atoms. The fourth-order valence-corrected chi connectivity index (χ4v) is 2.54. The zero-order valence-electron chi connectivity index (χ0n) is 10.0. The Morgan fingerprint density at radius 1 is 1.25 bits per heavy atom. The quantitative estimate of drug-likeness (QED) is 0.791. The van der Waals surface area contributed by atoms with Crippen molar-refractivity contribution >= 4 is 5.78 Å². The number of hydrogen-bond acceptors (Lipinski definition) is 2. The van der Waals surface area contributed by atoms with E-state index in [-0.39, 0.29) is 11.2 Å². The fourth-order valence-electron chi connectivity index (χ4n) is 2.54. The standard InChI is InChI=1S/C14H19NO/c1-10-6-11(2)8-12(7-10)13(16)14(9-15)4-3-5-14/h6-8H,3-5,9,15H2,1-2H3. The molecule has 2 N–H and O–H groups in total. The maximum atomic E-state index is 12.4. The molecule has 1 aliphatic carbocycles. The number of nitrogens with two attached hydrogens (primary N) is 1. The molecule has 1 saturated carbocycles. The number of rotatable bonds is 3. The third-order valence-corrected chi connectivity index (χ3v) is 3.67. The van der Waals surface area contributed by atoms with Crippen molar-refractivity contribution in [3.63, 3.8) is 0 Å². The van der Waals surface area contributed by atoms with Crippen LogP contribution >= 0.6 is 0 Å². The Morgan fingerprint density at radius 3 is 2.19 bits per heavy atom. The maximum Gasteiger partial charge on any atom is 0.170 e. The van der Waals surface area contributed by atoms with Gasteiger partial charge in [-0.1, -0.05) is 23.6 Å². The summed E-state index contributed by atoms with van der Waals surface area (Å²) in [6, 6.07) is 6.04. The van der Waals surface area contributed by atoms with Crippen molar-refractivity contribution in [1.29, 1.82) is 0 Å². The van der Waals surface area contributed by atoms with Gasteiger partial charge in [0.1, 0.15) is 0 Å². The lowest BCUT2D eigenvalue weighted by atomic mass is 9.64. The molecular weight excluding hydrogens is 198 g/mol. The number of hydrogen-bond donors (Lipinski definition) is 1. The van der Waals surface area contributed by atoms with Crippen molar-refractivity contribution in [3.05, 3.63) is 34.9 Å². The molecule has 0 radical (unpaired) electrons. The summed E-state index contributed by atoms with van der Waals surface area (Å²) in [5, 5.41) is 0. The Balaban J connectivity index is 2.33. The van der Waals surface area contributed by atoms with E-state index in [1.165, 1.54) is 0 Å². The summed E-state index contributed by atoms with van der Waals surface area (Å²) in [6.07, 6.45) is 3.04. The number of carbonyl (C=O) groups is 1. The van der Waals surface area contributed by atoms with Gasteiger partial charge in [-0.2, -0.15) is 0 Å². The highest BCUT2D eigenvalue weighted by Crippen LogP contribution is 2.42. The molecule has 2 nitrogen and oxygen atoms in total. The van der Waals surface area contributed by atoms with Crippen molar-refractivity contribution in [2.75, 3.05) is 6.54 Å². The highest BCUT2D eigenvalue weighted by molar-refractivity contribution is 6.01. The molecule has 0 heterocycles.